The van der Waals surface area contributed by atoms with Gasteiger partial charge < -0.3 is 10.4 Å². The van der Waals surface area contributed by atoms with Gasteiger partial charge in [0.1, 0.15) is 6.20 Å². The maximum absolute atomic E-state index is 10.8. The number of carbonyl (C=O) groups is 1. The van der Waals surface area contributed by atoms with Crippen molar-refractivity contribution in [3.63, 3.8) is 0 Å². The summed E-state index contributed by atoms with van der Waals surface area (Å²) in [6.45, 7) is 0.463. The summed E-state index contributed by atoms with van der Waals surface area (Å²) in [7, 11) is 1.61. The van der Waals surface area contributed by atoms with E-state index in [-0.39, 0.29) is 17.1 Å². The van der Waals surface area contributed by atoms with Crippen LogP contribution < -0.4 is 5.32 Å². The number of nitrogens with zero attached hydrogens (tertiary/aromatic N) is 3. The first-order valence-corrected chi connectivity index (χ1v) is 6.21. The summed E-state index contributed by atoms with van der Waals surface area (Å²) in [6, 6.07) is 6.50. The van der Waals surface area contributed by atoms with E-state index < -0.39 is 10.9 Å². The predicted molar refractivity (Wildman–Crippen MR) is 75.5 cm³/mol. The zero-order chi connectivity index (χ0) is 15.4. The third-order valence-electron chi connectivity index (χ3n) is 2.91. The number of rotatable bonds is 6. The molecule has 2 N–H and O–H groups in total. The summed E-state index contributed by atoms with van der Waals surface area (Å²) in [5.74, 6) is -0.742. The molecule has 1 heterocycles. The average molecular weight is 290 g/mol. The van der Waals surface area contributed by atoms with Gasteiger partial charge >= 0.3 is 11.7 Å². The van der Waals surface area contributed by atoms with E-state index in [9.17, 15) is 14.9 Å². The molecule has 0 aliphatic heterocycles. The molecule has 1 aromatic heterocycles. The van der Waals surface area contributed by atoms with Crippen LogP contribution >= 0.6 is 0 Å². The Hall–Kier alpha value is -2.90. The minimum Gasteiger partial charge on any atom is -0.478 e. The van der Waals surface area contributed by atoms with Crippen LogP contribution in [0, 0.1) is 10.1 Å². The van der Waals surface area contributed by atoms with E-state index in [0.29, 0.717) is 13.0 Å². The normalized spacial score (nSPS) is 10.3. The Kier molecular flexibility index (Phi) is 4.17. The lowest BCUT2D eigenvalue weighted by Gasteiger charge is -2.04. The molecule has 0 atom stereocenters. The monoisotopic (exact) mass is 290 g/mol. The molecule has 0 spiro atoms. The standard InChI is InChI=1S/C13H14N4O4/c1-16-8-11(17(20)21)12(15-16)14-7-6-9-2-4-10(5-3-9)13(18)19/h2-5,8H,6-7H2,1H3,(H,14,15)(H,18,19). The van der Waals surface area contributed by atoms with E-state index in [2.05, 4.69) is 10.4 Å². The van der Waals surface area contributed by atoms with Crippen molar-refractivity contribution in [2.75, 3.05) is 11.9 Å². The highest BCUT2D eigenvalue weighted by Gasteiger charge is 2.17. The third-order valence-corrected chi connectivity index (χ3v) is 2.91. The number of hydrogen-bond donors (Lipinski definition) is 2. The van der Waals surface area contributed by atoms with Crippen molar-refractivity contribution in [1.29, 1.82) is 0 Å². The second-order valence-corrected chi connectivity index (χ2v) is 4.47. The molecule has 110 valence electrons. The maximum Gasteiger partial charge on any atom is 0.335 e. The molecule has 8 nitrogen and oxygen atoms in total. The van der Waals surface area contributed by atoms with Gasteiger partial charge in [-0.25, -0.2) is 4.79 Å². The van der Waals surface area contributed by atoms with Gasteiger partial charge in [0.2, 0.25) is 5.82 Å². The highest BCUT2D eigenvalue weighted by Crippen LogP contribution is 2.21. The first-order valence-electron chi connectivity index (χ1n) is 6.21. The SMILES string of the molecule is Cn1cc([N+](=O)[O-])c(NCCc2ccc(C(=O)O)cc2)n1. The molecule has 0 unspecified atom stereocenters. The molecule has 0 radical (unpaired) electrons. The number of aromatic carboxylic acids is 1. The second kappa shape index (κ2) is 6.04. The van der Waals surface area contributed by atoms with Crippen LogP contribution in [0.1, 0.15) is 15.9 Å². The first-order chi connectivity index (χ1) is 9.97. The van der Waals surface area contributed by atoms with E-state index in [0.717, 1.165) is 5.56 Å². The van der Waals surface area contributed by atoms with Gasteiger partial charge in [-0.1, -0.05) is 12.1 Å². The van der Waals surface area contributed by atoms with Crippen LogP contribution in [0.2, 0.25) is 0 Å². The lowest BCUT2D eigenvalue weighted by Crippen LogP contribution is -2.07. The molecule has 0 aliphatic carbocycles. The maximum atomic E-state index is 10.8. The number of aromatic nitrogens is 2. The van der Waals surface area contributed by atoms with E-state index in [1.807, 2.05) is 0 Å². The number of benzene rings is 1. The van der Waals surface area contributed by atoms with Crippen molar-refractivity contribution in [2.24, 2.45) is 7.05 Å². The highest BCUT2D eigenvalue weighted by molar-refractivity contribution is 5.87. The minimum atomic E-state index is -0.969. The zero-order valence-electron chi connectivity index (χ0n) is 11.3. The molecule has 0 bridgehead atoms. The fourth-order valence-corrected chi connectivity index (χ4v) is 1.87. The molecule has 21 heavy (non-hydrogen) atoms. The number of nitro groups is 1. The van der Waals surface area contributed by atoms with E-state index >= 15 is 0 Å². The molecular formula is C13H14N4O4. The van der Waals surface area contributed by atoms with Gasteiger partial charge in [-0.3, -0.25) is 14.8 Å². The second-order valence-electron chi connectivity index (χ2n) is 4.47. The Balaban J connectivity index is 1.95. The van der Waals surface area contributed by atoms with Crippen LogP contribution in [0.25, 0.3) is 0 Å². The van der Waals surface area contributed by atoms with Crippen LogP contribution in [0.15, 0.2) is 30.5 Å². The minimum absolute atomic E-state index is 0.0706. The van der Waals surface area contributed by atoms with Gasteiger partial charge in [-0.2, -0.15) is 0 Å². The number of aryl methyl sites for hydroxylation is 1. The largest absolute Gasteiger partial charge is 0.478 e. The van der Waals surface area contributed by atoms with E-state index in [4.69, 9.17) is 5.11 Å². The first kappa shape index (κ1) is 14.5. The van der Waals surface area contributed by atoms with Gasteiger partial charge in [-0.05, 0) is 24.1 Å². The quantitative estimate of drug-likeness (QED) is 0.618. The molecule has 0 aliphatic rings. The Morgan fingerprint density at radius 1 is 1.43 bits per heavy atom. The Bertz CT molecular complexity index is 663. The van der Waals surface area contributed by atoms with Crippen molar-refractivity contribution >= 4 is 17.5 Å². The number of carboxylic acids is 1. The van der Waals surface area contributed by atoms with Crippen LogP contribution in [0.5, 0.6) is 0 Å². The Morgan fingerprint density at radius 3 is 2.67 bits per heavy atom. The average Bonchev–Trinajstić information content (AvgIpc) is 2.81. The molecule has 0 saturated heterocycles. The molecule has 8 heteroatoms. The van der Waals surface area contributed by atoms with Crippen LogP contribution in [0.3, 0.4) is 0 Å². The summed E-state index contributed by atoms with van der Waals surface area (Å²) in [6.07, 6.45) is 1.94. The Morgan fingerprint density at radius 2 is 2.10 bits per heavy atom. The summed E-state index contributed by atoms with van der Waals surface area (Å²) in [5, 5.41) is 26.5. The highest BCUT2D eigenvalue weighted by atomic mass is 16.6. The van der Waals surface area contributed by atoms with Gasteiger partial charge in [-0.15, -0.1) is 5.10 Å². The molecule has 0 fully saturated rings. The van der Waals surface area contributed by atoms with Crippen molar-refractivity contribution in [1.82, 2.24) is 9.78 Å². The molecule has 2 rings (SSSR count). The van der Waals surface area contributed by atoms with E-state index in [1.54, 1.807) is 19.2 Å². The molecule has 1 aromatic carbocycles. The predicted octanol–water partition coefficient (Wildman–Crippen LogP) is 1.68. The fourth-order valence-electron chi connectivity index (χ4n) is 1.87. The summed E-state index contributed by atoms with van der Waals surface area (Å²) < 4.78 is 1.38. The number of nitrogens with one attached hydrogen (secondary N) is 1. The molecular weight excluding hydrogens is 276 g/mol. The zero-order valence-corrected chi connectivity index (χ0v) is 11.3. The molecule has 0 saturated carbocycles. The Labute approximate surface area is 120 Å². The number of hydrogen-bond acceptors (Lipinski definition) is 5. The van der Waals surface area contributed by atoms with Crippen LogP contribution in [-0.2, 0) is 13.5 Å². The lowest BCUT2D eigenvalue weighted by atomic mass is 10.1. The molecule has 2 aromatic rings. The van der Waals surface area contributed by atoms with Crippen molar-refractivity contribution < 1.29 is 14.8 Å². The van der Waals surface area contributed by atoms with Gasteiger partial charge in [0.15, 0.2) is 0 Å². The van der Waals surface area contributed by atoms with Gasteiger partial charge in [0.05, 0.1) is 10.5 Å². The third kappa shape index (κ3) is 3.56. The van der Waals surface area contributed by atoms with Gasteiger partial charge in [0.25, 0.3) is 0 Å². The molecule has 0 amide bonds. The van der Waals surface area contributed by atoms with Crippen molar-refractivity contribution in [2.45, 2.75) is 6.42 Å². The lowest BCUT2D eigenvalue weighted by molar-refractivity contribution is -0.384. The van der Waals surface area contributed by atoms with Crippen LogP contribution in [0.4, 0.5) is 11.5 Å². The fraction of sp³-hybridized carbons (Fsp3) is 0.231. The summed E-state index contributed by atoms with van der Waals surface area (Å²) in [5.41, 5.74) is 1.09. The number of anilines is 1. The smallest absolute Gasteiger partial charge is 0.335 e. The van der Waals surface area contributed by atoms with Crippen molar-refractivity contribution in [3.05, 3.63) is 51.7 Å². The summed E-state index contributed by atoms with van der Waals surface area (Å²) >= 11 is 0. The van der Waals surface area contributed by atoms with Crippen LogP contribution in [-0.4, -0.2) is 32.3 Å². The summed E-state index contributed by atoms with van der Waals surface area (Å²) in [4.78, 5) is 21.1. The van der Waals surface area contributed by atoms with E-state index in [1.165, 1.54) is 23.0 Å². The van der Waals surface area contributed by atoms with Gasteiger partial charge in [0, 0.05) is 13.6 Å². The number of carboxylic acid groups (broad SMARTS) is 1. The topological polar surface area (TPSA) is 110 Å². The van der Waals surface area contributed by atoms with Crippen molar-refractivity contribution in [3.8, 4) is 0 Å².